The van der Waals surface area contributed by atoms with Gasteiger partial charge in [0.25, 0.3) is 0 Å². The number of rotatable bonds is 3. The molecule has 0 spiro atoms. The fourth-order valence-electron chi connectivity index (χ4n) is 1.45. The minimum atomic E-state index is -0.322. The van der Waals surface area contributed by atoms with Gasteiger partial charge in [-0.3, -0.25) is 4.57 Å². The summed E-state index contributed by atoms with van der Waals surface area (Å²) in [4.78, 5) is 19.3. The van der Waals surface area contributed by atoms with E-state index in [2.05, 4.69) is 15.3 Å². The van der Waals surface area contributed by atoms with Gasteiger partial charge in [0, 0.05) is 19.4 Å². The smallest absolute Gasteiger partial charge is 0.347 e. The summed E-state index contributed by atoms with van der Waals surface area (Å²) in [6, 6.07) is 3.71. The normalized spacial score (nSPS) is 10.2. The lowest BCUT2D eigenvalue weighted by molar-refractivity contribution is 0.726. The number of pyridine rings is 1. The van der Waals surface area contributed by atoms with Crippen LogP contribution < -0.4 is 11.0 Å². The Morgan fingerprint density at radius 1 is 1.47 bits per heavy atom. The molecule has 0 aliphatic rings. The molecule has 0 aliphatic carbocycles. The Labute approximate surface area is 103 Å². The first kappa shape index (κ1) is 11.6. The van der Waals surface area contributed by atoms with E-state index < -0.39 is 0 Å². The number of halogens is 1. The fourth-order valence-corrected chi connectivity index (χ4v) is 1.61. The zero-order chi connectivity index (χ0) is 12.3. The number of hydrogen-bond donors (Lipinski definition) is 1. The summed E-state index contributed by atoms with van der Waals surface area (Å²) in [5, 5.41) is 3.38. The lowest BCUT2D eigenvalue weighted by Crippen LogP contribution is -2.22. The lowest BCUT2D eigenvalue weighted by Gasteiger charge is -2.06. The van der Waals surface area contributed by atoms with Crippen LogP contribution in [0, 0.1) is 0 Å². The number of nitrogens with zero attached hydrogens (tertiary/aromatic N) is 3. The Morgan fingerprint density at radius 3 is 3.06 bits per heavy atom. The predicted octanol–water partition coefficient (Wildman–Crippen LogP) is 1.38. The molecule has 1 N–H and O–H groups in total. The van der Waals surface area contributed by atoms with Gasteiger partial charge in [0.05, 0.1) is 17.8 Å². The fraction of sp³-hybridized carbons (Fsp3) is 0.182. The molecule has 2 heterocycles. The van der Waals surface area contributed by atoms with E-state index in [4.69, 9.17) is 11.6 Å². The maximum absolute atomic E-state index is 11.5. The minimum absolute atomic E-state index is 0.322. The molecular weight excluding hydrogens is 240 g/mol. The first-order valence-electron chi connectivity index (χ1n) is 5.04. The Morgan fingerprint density at radius 2 is 2.29 bits per heavy atom. The quantitative estimate of drug-likeness (QED) is 0.894. The Kier molecular flexibility index (Phi) is 3.39. The van der Waals surface area contributed by atoms with Crippen LogP contribution in [0.2, 0.25) is 5.02 Å². The van der Waals surface area contributed by atoms with E-state index in [1.807, 2.05) is 12.1 Å². The third kappa shape index (κ3) is 2.82. The van der Waals surface area contributed by atoms with E-state index in [9.17, 15) is 4.79 Å². The zero-order valence-electron chi connectivity index (χ0n) is 9.22. The maximum atomic E-state index is 11.5. The molecule has 0 aromatic carbocycles. The summed E-state index contributed by atoms with van der Waals surface area (Å²) in [5.74, 6) is 0.755. The van der Waals surface area contributed by atoms with Crippen molar-refractivity contribution in [3.8, 4) is 0 Å². The summed E-state index contributed by atoms with van der Waals surface area (Å²) in [7, 11) is 1.79. The zero-order valence-corrected chi connectivity index (χ0v) is 9.98. The lowest BCUT2D eigenvalue weighted by atomic mass is 10.2. The van der Waals surface area contributed by atoms with Crippen LogP contribution >= 0.6 is 11.6 Å². The van der Waals surface area contributed by atoms with Crippen LogP contribution in [0.3, 0.4) is 0 Å². The summed E-state index contributed by atoms with van der Waals surface area (Å²) in [6.07, 6.45) is 4.59. The molecule has 0 fully saturated rings. The van der Waals surface area contributed by atoms with Crippen molar-refractivity contribution in [3.63, 3.8) is 0 Å². The summed E-state index contributed by atoms with van der Waals surface area (Å²) in [5.41, 5.74) is 0.632. The van der Waals surface area contributed by atoms with Crippen molar-refractivity contribution in [2.45, 2.75) is 6.54 Å². The minimum Gasteiger partial charge on any atom is -0.373 e. The number of aromatic nitrogens is 3. The van der Waals surface area contributed by atoms with Gasteiger partial charge in [-0.15, -0.1) is 0 Å². The van der Waals surface area contributed by atoms with E-state index in [0.717, 1.165) is 11.4 Å². The van der Waals surface area contributed by atoms with E-state index >= 15 is 0 Å². The number of anilines is 1. The van der Waals surface area contributed by atoms with Gasteiger partial charge < -0.3 is 5.32 Å². The molecule has 0 bridgehead atoms. The van der Waals surface area contributed by atoms with Crippen LogP contribution in [0.15, 0.2) is 35.5 Å². The molecule has 0 unspecified atom stereocenters. The molecule has 6 heteroatoms. The molecule has 0 saturated carbocycles. The molecule has 0 aliphatic heterocycles. The largest absolute Gasteiger partial charge is 0.373 e. The van der Waals surface area contributed by atoms with E-state index in [-0.39, 0.29) is 5.69 Å². The van der Waals surface area contributed by atoms with Crippen LogP contribution in [-0.2, 0) is 6.54 Å². The van der Waals surface area contributed by atoms with Gasteiger partial charge in [0.2, 0.25) is 0 Å². The molecule has 0 atom stereocenters. The van der Waals surface area contributed by atoms with E-state index in [0.29, 0.717) is 11.6 Å². The summed E-state index contributed by atoms with van der Waals surface area (Å²) < 4.78 is 1.46. The van der Waals surface area contributed by atoms with Crippen molar-refractivity contribution in [2.75, 3.05) is 12.4 Å². The maximum Gasteiger partial charge on any atom is 0.347 e. The van der Waals surface area contributed by atoms with Crippen molar-refractivity contribution in [2.24, 2.45) is 0 Å². The van der Waals surface area contributed by atoms with Gasteiger partial charge in [-0.2, -0.15) is 0 Å². The van der Waals surface area contributed by atoms with Crippen molar-refractivity contribution >= 4 is 17.4 Å². The number of hydrogen-bond acceptors (Lipinski definition) is 4. The number of nitrogens with one attached hydrogen (secondary N) is 1. The van der Waals surface area contributed by atoms with Crippen LogP contribution in [-0.4, -0.2) is 21.6 Å². The van der Waals surface area contributed by atoms with Gasteiger partial charge in [0.15, 0.2) is 0 Å². The van der Waals surface area contributed by atoms with E-state index in [1.165, 1.54) is 10.8 Å². The second-order valence-electron chi connectivity index (χ2n) is 3.48. The molecule has 2 aromatic heterocycles. The molecule has 0 saturated heterocycles. The van der Waals surface area contributed by atoms with E-state index in [1.54, 1.807) is 19.4 Å². The highest BCUT2D eigenvalue weighted by molar-refractivity contribution is 6.30. The van der Waals surface area contributed by atoms with Gasteiger partial charge in [-0.05, 0) is 17.7 Å². The van der Waals surface area contributed by atoms with Crippen molar-refractivity contribution in [1.29, 1.82) is 0 Å². The van der Waals surface area contributed by atoms with Crippen molar-refractivity contribution in [3.05, 3.63) is 51.8 Å². The van der Waals surface area contributed by atoms with Crippen LogP contribution in [0.25, 0.3) is 0 Å². The van der Waals surface area contributed by atoms with Gasteiger partial charge >= 0.3 is 5.69 Å². The molecule has 2 aromatic rings. The first-order chi connectivity index (χ1) is 8.19. The average molecular weight is 251 g/mol. The molecule has 5 nitrogen and oxygen atoms in total. The monoisotopic (exact) mass is 250 g/mol. The van der Waals surface area contributed by atoms with Gasteiger partial charge in [0.1, 0.15) is 5.82 Å². The second kappa shape index (κ2) is 4.97. The highest BCUT2D eigenvalue weighted by Crippen LogP contribution is 2.08. The molecule has 2 rings (SSSR count). The predicted molar refractivity (Wildman–Crippen MR) is 66.4 cm³/mol. The van der Waals surface area contributed by atoms with Crippen LogP contribution in [0.4, 0.5) is 5.82 Å². The standard InChI is InChI=1S/C11H11ClN4O/c1-13-10-4-8(2-3-14-10)6-16-7-9(12)5-15-11(16)17/h2-5,7H,6H2,1H3,(H,13,14). The van der Waals surface area contributed by atoms with Crippen molar-refractivity contribution < 1.29 is 0 Å². The van der Waals surface area contributed by atoms with Gasteiger partial charge in [-0.25, -0.2) is 14.8 Å². The Bertz CT molecular complexity index is 582. The van der Waals surface area contributed by atoms with Crippen LogP contribution in [0.1, 0.15) is 5.56 Å². The summed E-state index contributed by atoms with van der Waals surface area (Å²) in [6.45, 7) is 0.420. The highest BCUT2D eigenvalue weighted by atomic mass is 35.5. The Hall–Kier alpha value is -1.88. The topological polar surface area (TPSA) is 59.8 Å². The first-order valence-corrected chi connectivity index (χ1v) is 5.41. The SMILES string of the molecule is CNc1cc(Cn2cc(Cl)cnc2=O)ccn1. The highest BCUT2D eigenvalue weighted by Gasteiger charge is 2.01. The summed E-state index contributed by atoms with van der Waals surface area (Å²) >= 11 is 5.79. The molecule has 0 radical (unpaired) electrons. The third-order valence-electron chi connectivity index (χ3n) is 2.26. The molecule has 88 valence electrons. The molecule has 17 heavy (non-hydrogen) atoms. The van der Waals surface area contributed by atoms with Gasteiger partial charge in [-0.1, -0.05) is 11.6 Å². The van der Waals surface area contributed by atoms with Crippen LogP contribution in [0.5, 0.6) is 0 Å². The molecule has 0 amide bonds. The Balaban J connectivity index is 2.31. The molecular formula is C11H11ClN4O. The van der Waals surface area contributed by atoms with Crippen molar-refractivity contribution in [1.82, 2.24) is 14.5 Å². The second-order valence-corrected chi connectivity index (χ2v) is 3.92. The average Bonchev–Trinajstić information content (AvgIpc) is 2.34. The third-order valence-corrected chi connectivity index (χ3v) is 2.45.